The number of ether oxygens (including phenoxy) is 1. The van der Waals surface area contributed by atoms with Gasteiger partial charge in [0.2, 0.25) is 0 Å². The number of rotatable bonds is 6. The van der Waals surface area contributed by atoms with Gasteiger partial charge in [0.1, 0.15) is 12.4 Å². The van der Waals surface area contributed by atoms with Crippen LogP contribution in [0.1, 0.15) is 11.3 Å². The molecule has 3 heteroatoms. The van der Waals surface area contributed by atoms with E-state index in [0.29, 0.717) is 6.61 Å². The summed E-state index contributed by atoms with van der Waals surface area (Å²) >= 11 is 0. The number of hydrogen-bond donors (Lipinski definition) is 0. The van der Waals surface area contributed by atoms with Crippen LogP contribution in [0.25, 0.3) is 10.8 Å². The molecule has 0 bridgehead atoms. The van der Waals surface area contributed by atoms with Gasteiger partial charge in [-0.15, -0.1) is 0 Å². The van der Waals surface area contributed by atoms with Crippen molar-refractivity contribution in [3.05, 3.63) is 72.1 Å². The zero-order valence-electron chi connectivity index (χ0n) is 13.7. The van der Waals surface area contributed by atoms with Crippen molar-refractivity contribution in [1.82, 2.24) is 9.88 Å². The Labute approximate surface area is 137 Å². The van der Waals surface area contributed by atoms with Crippen LogP contribution in [0.5, 0.6) is 5.75 Å². The fourth-order valence-electron chi connectivity index (χ4n) is 2.57. The van der Waals surface area contributed by atoms with Crippen LogP contribution in [0, 0.1) is 0 Å². The largest absolute Gasteiger partial charge is 0.492 e. The predicted octanol–water partition coefficient (Wildman–Crippen LogP) is 3.77. The highest BCUT2D eigenvalue weighted by atomic mass is 16.5. The van der Waals surface area contributed by atoms with Gasteiger partial charge >= 0.3 is 0 Å². The van der Waals surface area contributed by atoms with Gasteiger partial charge in [0.25, 0.3) is 0 Å². The molecule has 1 heterocycles. The lowest BCUT2D eigenvalue weighted by molar-refractivity contribution is 0.261. The zero-order valence-corrected chi connectivity index (χ0v) is 13.7. The third-order valence-electron chi connectivity index (χ3n) is 3.86. The lowest BCUT2D eigenvalue weighted by atomic mass is 10.0. The van der Waals surface area contributed by atoms with Gasteiger partial charge < -0.3 is 9.64 Å². The molecule has 0 aliphatic rings. The fraction of sp³-hybridized carbons (Fsp3) is 0.250. The number of hydrogen-bond acceptors (Lipinski definition) is 3. The first-order valence-corrected chi connectivity index (χ1v) is 7.91. The number of fused-ring (bicyclic) bond motifs is 1. The first-order chi connectivity index (χ1) is 11.2. The van der Waals surface area contributed by atoms with Crippen molar-refractivity contribution in [3.63, 3.8) is 0 Å². The third-order valence-corrected chi connectivity index (χ3v) is 3.86. The van der Waals surface area contributed by atoms with E-state index in [1.165, 1.54) is 16.3 Å². The fourth-order valence-corrected chi connectivity index (χ4v) is 2.57. The molecule has 3 nitrogen and oxygen atoms in total. The van der Waals surface area contributed by atoms with Crippen LogP contribution in [0.3, 0.4) is 0 Å². The number of nitrogens with zero attached hydrogens (tertiary/aromatic N) is 2. The van der Waals surface area contributed by atoms with Gasteiger partial charge in [0.15, 0.2) is 0 Å². The molecule has 0 saturated heterocycles. The van der Waals surface area contributed by atoms with Crippen molar-refractivity contribution < 1.29 is 4.74 Å². The molecule has 0 unspecified atom stereocenters. The maximum atomic E-state index is 5.73. The standard InChI is InChI=1S/C20H22N2O/c1-22(2)13-14-23-18-9-7-16(8-10-18)15-20-19-6-4-3-5-17(19)11-12-21-20/h3-12H,13-15H2,1-2H3. The van der Waals surface area contributed by atoms with Gasteiger partial charge in [-0.05, 0) is 43.2 Å². The number of aromatic nitrogens is 1. The van der Waals surface area contributed by atoms with E-state index >= 15 is 0 Å². The average Bonchev–Trinajstić information content (AvgIpc) is 2.56. The molecule has 3 aromatic rings. The Morgan fingerprint density at radius 1 is 0.957 bits per heavy atom. The molecular formula is C20H22N2O. The molecule has 0 saturated carbocycles. The Hall–Kier alpha value is -2.39. The van der Waals surface area contributed by atoms with Gasteiger partial charge in [-0.1, -0.05) is 36.4 Å². The molecule has 0 aliphatic carbocycles. The van der Waals surface area contributed by atoms with Gasteiger partial charge in [0.05, 0.1) is 5.69 Å². The molecule has 118 valence electrons. The monoisotopic (exact) mass is 306 g/mol. The predicted molar refractivity (Wildman–Crippen MR) is 95.0 cm³/mol. The molecule has 1 aromatic heterocycles. The van der Waals surface area contributed by atoms with E-state index in [2.05, 4.69) is 52.3 Å². The summed E-state index contributed by atoms with van der Waals surface area (Å²) in [4.78, 5) is 6.67. The molecule has 0 aliphatic heterocycles. The van der Waals surface area contributed by atoms with Crippen LogP contribution in [-0.4, -0.2) is 37.1 Å². The van der Waals surface area contributed by atoms with E-state index in [1.807, 2.05) is 32.4 Å². The molecule has 0 radical (unpaired) electrons. The summed E-state index contributed by atoms with van der Waals surface area (Å²) in [6, 6.07) is 18.8. The first kappa shape index (κ1) is 15.5. The molecule has 0 atom stereocenters. The summed E-state index contributed by atoms with van der Waals surface area (Å²) in [5.74, 6) is 0.918. The Bertz CT molecular complexity index is 761. The zero-order chi connectivity index (χ0) is 16.1. The van der Waals surface area contributed by atoms with Crippen LogP contribution in [0.4, 0.5) is 0 Å². The second-order valence-corrected chi connectivity index (χ2v) is 5.95. The number of pyridine rings is 1. The maximum absolute atomic E-state index is 5.73. The normalized spacial score (nSPS) is 11.1. The van der Waals surface area contributed by atoms with Crippen molar-refractivity contribution in [3.8, 4) is 5.75 Å². The number of benzene rings is 2. The molecule has 0 spiro atoms. The average molecular weight is 306 g/mol. The van der Waals surface area contributed by atoms with Crippen molar-refractivity contribution in [2.45, 2.75) is 6.42 Å². The van der Waals surface area contributed by atoms with E-state index in [9.17, 15) is 0 Å². The molecule has 0 N–H and O–H groups in total. The lowest BCUT2D eigenvalue weighted by Crippen LogP contribution is -2.19. The van der Waals surface area contributed by atoms with E-state index in [0.717, 1.165) is 24.4 Å². The Morgan fingerprint density at radius 3 is 2.52 bits per heavy atom. The van der Waals surface area contributed by atoms with Crippen LogP contribution < -0.4 is 4.74 Å². The number of likely N-dealkylation sites (N-methyl/N-ethyl adjacent to an activating group) is 1. The Morgan fingerprint density at radius 2 is 1.74 bits per heavy atom. The second-order valence-electron chi connectivity index (χ2n) is 5.95. The van der Waals surface area contributed by atoms with Crippen molar-refractivity contribution >= 4 is 10.8 Å². The summed E-state index contributed by atoms with van der Waals surface area (Å²) < 4.78 is 5.73. The van der Waals surface area contributed by atoms with E-state index < -0.39 is 0 Å². The molecule has 2 aromatic carbocycles. The minimum absolute atomic E-state index is 0.706. The Balaban J connectivity index is 1.70. The van der Waals surface area contributed by atoms with Crippen LogP contribution in [0.2, 0.25) is 0 Å². The molecule has 3 rings (SSSR count). The topological polar surface area (TPSA) is 25.4 Å². The van der Waals surface area contributed by atoms with Crippen LogP contribution in [0.15, 0.2) is 60.8 Å². The van der Waals surface area contributed by atoms with Crippen molar-refractivity contribution in [1.29, 1.82) is 0 Å². The van der Waals surface area contributed by atoms with Gasteiger partial charge in [-0.25, -0.2) is 0 Å². The highest BCUT2D eigenvalue weighted by molar-refractivity contribution is 5.84. The van der Waals surface area contributed by atoms with E-state index in [4.69, 9.17) is 4.74 Å². The summed E-state index contributed by atoms with van der Waals surface area (Å²) in [6.07, 6.45) is 2.72. The van der Waals surface area contributed by atoms with Gasteiger partial charge in [-0.3, -0.25) is 4.98 Å². The third kappa shape index (κ3) is 4.08. The lowest BCUT2D eigenvalue weighted by Gasteiger charge is -2.11. The summed E-state index contributed by atoms with van der Waals surface area (Å²) in [7, 11) is 4.09. The van der Waals surface area contributed by atoms with Gasteiger partial charge in [-0.2, -0.15) is 0 Å². The van der Waals surface area contributed by atoms with Crippen molar-refractivity contribution in [2.75, 3.05) is 27.2 Å². The highest BCUT2D eigenvalue weighted by Gasteiger charge is 2.04. The highest BCUT2D eigenvalue weighted by Crippen LogP contribution is 2.20. The maximum Gasteiger partial charge on any atom is 0.119 e. The molecule has 0 fully saturated rings. The summed E-state index contributed by atoms with van der Waals surface area (Å²) in [5, 5.41) is 2.46. The molecule has 23 heavy (non-hydrogen) atoms. The molecular weight excluding hydrogens is 284 g/mol. The van der Waals surface area contributed by atoms with E-state index in [-0.39, 0.29) is 0 Å². The quantitative estimate of drug-likeness (QED) is 0.693. The van der Waals surface area contributed by atoms with Crippen molar-refractivity contribution in [2.24, 2.45) is 0 Å². The van der Waals surface area contributed by atoms with Crippen LogP contribution >= 0.6 is 0 Å². The van der Waals surface area contributed by atoms with E-state index in [1.54, 1.807) is 0 Å². The Kier molecular flexibility index (Phi) is 4.89. The minimum Gasteiger partial charge on any atom is -0.492 e. The van der Waals surface area contributed by atoms with Crippen LogP contribution in [-0.2, 0) is 6.42 Å². The first-order valence-electron chi connectivity index (χ1n) is 7.91. The second kappa shape index (κ2) is 7.25. The summed E-state index contributed by atoms with van der Waals surface area (Å²) in [5.41, 5.74) is 2.36. The smallest absolute Gasteiger partial charge is 0.119 e. The summed E-state index contributed by atoms with van der Waals surface area (Å²) in [6.45, 7) is 1.62. The minimum atomic E-state index is 0.706. The SMILES string of the molecule is CN(C)CCOc1ccc(Cc2nccc3ccccc23)cc1. The molecule has 0 amide bonds. The van der Waals surface area contributed by atoms with Gasteiger partial charge in [0, 0.05) is 24.5 Å².